The van der Waals surface area contributed by atoms with E-state index >= 15 is 0 Å². The van der Waals surface area contributed by atoms with Crippen molar-refractivity contribution >= 4 is 21.7 Å². The molecule has 1 fully saturated rings. The number of benzene rings is 1. The van der Waals surface area contributed by atoms with Gasteiger partial charge in [0.1, 0.15) is 11.6 Å². The van der Waals surface area contributed by atoms with Gasteiger partial charge in [-0.25, -0.2) is 4.39 Å². The molecule has 1 heterocycles. The maximum absolute atomic E-state index is 13.9. The molecule has 1 aliphatic heterocycles. The number of Topliss-reactive ketones (excluding diaryl/α,β-unsaturated/α-hetero) is 1. The Hall–Kier alpha value is -0.740. The summed E-state index contributed by atoms with van der Waals surface area (Å²) in [6.07, 6.45) is 3.92. The van der Waals surface area contributed by atoms with Gasteiger partial charge in [-0.05, 0) is 38.4 Å². The minimum absolute atomic E-state index is 0.179. The first-order valence-electron chi connectivity index (χ1n) is 6.73. The fraction of sp³-hybridized carbons (Fsp3) is 0.533. The fourth-order valence-corrected chi connectivity index (χ4v) is 3.03. The van der Waals surface area contributed by atoms with E-state index in [2.05, 4.69) is 20.8 Å². The van der Waals surface area contributed by atoms with Gasteiger partial charge in [0.2, 0.25) is 0 Å². The summed E-state index contributed by atoms with van der Waals surface area (Å²) < 4.78 is 14.6. The number of piperidine rings is 1. The van der Waals surface area contributed by atoms with E-state index in [-0.39, 0.29) is 17.6 Å². The van der Waals surface area contributed by atoms with Crippen molar-refractivity contribution in [2.75, 3.05) is 6.54 Å². The highest BCUT2D eigenvalue weighted by molar-refractivity contribution is 9.10. The zero-order chi connectivity index (χ0) is 13.8. The van der Waals surface area contributed by atoms with Gasteiger partial charge in [0.05, 0.1) is 0 Å². The molecule has 1 aliphatic rings. The summed E-state index contributed by atoms with van der Waals surface area (Å²) in [5.41, 5.74) is 0.707. The molecule has 0 aliphatic carbocycles. The van der Waals surface area contributed by atoms with Crippen molar-refractivity contribution in [1.82, 2.24) is 4.90 Å². The van der Waals surface area contributed by atoms with Crippen molar-refractivity contribution < 1.29 is 9.18 Å². The van der Waals surface area contributed by atoms with Crippen molar-refractivity contribution in [3.05, 3.63) is 34.1 Å². The molecule has 0 saturated carbocycles. The lowest BCUT2D eigenvalue weighted by atomic mass is 9.97. The van der Waals surface area contributed by atoms with E-state index in [4.69, 9.17) is 0 Å². The molecule has 19 heavy (non-hydrogen) atoms. The Morgan fingerprint density at radius 3 is 2.95 bits per heavy atom. The molecule has 0 N–H and O–H groups in total. The van der Waals surface area contributed by atoms with E-state index in [0.29, 0.717) is 18.5 Å². The second kappa shape index (κ2) is 6.62. The summed E-state index contributed by atoms with van der Waals surface area (Å²) in [5, 5.41) is 0. The lowest BCUT2D eigenvalue weighted by molar-refractivity contribution is -0.118. The van der Waals surface area contributed by atoms with Crippen LogP contribution in [-0.2, 0) is 11.3 Å². The Morgan fingerprint density at radius 2 is 2.26 bits per heavy atom. The quantitative estimate of drug-likeness (QED) is 0.835. The van der Waals surface area contributed by atoms with Crippen LogP contribution in [0, 0.1) is 5.82 Å². The molecule has 2 rings (SSSR count). The van der Waals surface area contributed by atoms with Crippen LogP contribution in [0.2, 0.25) is 0 Å². The molecule has 1 atom stereocenters. The van der Waals surface area contributed by atoms with Crippen LogP contribution in [0.5, 0.6) is 0 Å². The van der Waals surface area contributed by atoms with E-state index in [1.54, 1.807) is 6.92 Å². The maximum atomic E-state index is 13.9. The average Bonchev–Trinajstić information content (AvgIpc) is 2.34. The van der Waals surface area contributed by atoms with Gasteiger partial charge >= 0.3 is 0 Å². The molecule has 1 aromatic carbocycles. The molecule has 4 heteroatoms. The number of rotatable bonds is 4. The number of carbonyl (C=O) groups excluding carboxylic acids is 1. The highest BCUT2D eigenvalue weighted by Crippen LogP contribution is 2.24. The van der Waals surface area contributed by atoms with Gasteiger partial charge in [-0.15, -0.1) is 0 Å². The summed E-state index contributed by atoms with van der Waals surface area (Å²) in [4.78, 5) is 13.6. The number of hydrogen-bond acceptors (Lipinski definition) is 2. The van der Waals surface area contributed by atoms with Gasteiger partial charge in [0.15, 0.2) is 0 Å². The monoisotopic (exact) mass is 327 g/mol. The van der Waals surface area contributed by atoms with E-state index in [1.807, 2.05) is 12.1 Å². The number of hydrogen-bond donors (Lipinski definition) is 0. The molecule has 0 radical (unpaired) electrons. The summed E-state index contributed by atoms with van der Waals surface area (Å²) in [5.74, 6) is 0.0368. The lowest BCUT2D eigenvalue weighted by Crippen LogP contribution is -2.40. The third kappa shape index (κ3) is 4.11. The van der Waals surface area contributed by atoms with Crippen LogP contribution < -0.4 is 0 Å². The van der Waals surface area contributed by atoms with Crippen molar-refractivity contribution in [3.8, 4) is 0 Å². The predicted octanol–water partition coefficient (Wildman–Crippen LogP) is 3.92. The van der Waals surface area contributed by atoms with Gasteiger partial charge < -0.3 is 0 Å². The molecule has 104 valence electrons. The van der Waals surface area contributed by atoms with Gasteiger partial charge in [0, 0.05) is 29.0 Å². The van der Waals surface area contributed by atoms with Gasteiger partial charge in [-0.3, -0.25) is 9.69 Å². The fourth-order valence-electron chi connectivity index (χ4n) is 2.70. The second-order valence-electron chi connectivity index (χ2n) is 5.26. The number of nitrogens with zero attached hydrogens (tertiary/aromatic N) is 1. The molecule has 0 spiro atoms. The molecular formula is C15H19BrFNO. The van der Waals surface area contributed by atoms with Gasteiger partial charge in [-0.1, -0.05) is 28.4 Å². The first kappa shape index (κ1) is 14.7. The Labute approximate surface area is 122 Å². The summed E-state index contributed by atoms with van der Waals surface area (Å²) in [6, 6.07) is 5.45. The van der Waals surface area contributed by atoms with Crippen LogP contribution in [0.15, 0.2) is 22.7 Å². The minimum atomic E-state index is -0.179. The largest absolute Gasteiger partial charge is 0.300 e. The first-order chi connectivity index (χ1) is 9.06. The number of likely N-dealkylation sites (tertiary alicyclic amines) is 1. The summed E-state index contributed by atoms with van der Waals surface area (Å²) in [6.45, 7) is 3.18. The van der Waals surface area contributed by atoms with Crippen molar-refractivity contribution in [2.24, 2.45) is 0 Å². The molecule has 0 aromatic heterocycles. The topological polar surface area (TPSA) is 20.3 Å². The highest BCUT2D eigenvalue weighted by atomic mass is 79.9. The number of ketones is 1. The number of carbonyl (C=O) groups is 1. The number of halogens is 2. The maximum Gasteiger partial charge on any atom is 0.131 e. The van der Waals surface area contributed by atoms with Crippen LogP contribution in [0.25, 0.3) is 0 Å². The molecule has 0 amide bonds. The Bertz CT molecular complexity index is 463. The van der Waals surface area contributed by atoms with Crippen molar-refractivity contribution in [1.29, 1.82) is 0 Å². The Kier molecular flexibility index (Phi) is 5.11. The average molecular weight is 328 g/mol. The van der Waals surface area contributed by atoms with Crippen LogP contribution in [0.4, 0.5) is 4.39 Å². The van der Waals surface area contributed by atoms with E-state index < -0.39 is 0 Å². The standard InChI is InChI=1S/C15H19BrFNO/c1-11(19)8-14-4-2-3-7-18(14)10-12-5-6-13(16)9-15(12)17/h5-6,9,14H,2-4,7-8,10H2,1H3. The SMILES string of the molecule is CC(=O)CC1CCCCN1Cc1ccc(Br)cc1F. The molecule has 1 saturated heterocycles. The lowest BCUT2D eigenvalue weighted by Gasteiger charge is -2.35. The van der Waals surface area contributed by atoms with Crippen LogP contribution in [-0.4, -0.2) is 23.3 Å². The molecule has 1 aromatic rings. The third-order valence-corrected chi connectivity index (χ3v) is 4.15. The van der Waals surface area contributed by atoms with E-state index in [9.17, 15) is 9.18 Å². The minimum Gasteiger partial charge on any atom is -0.300 e. The van der Waals surface area contributed by atoms with E-state index in [0.717, 1.165) is 30.3 Å². The van der Waals surface area contributed by atoms with Crippen LogP contribution in [0.1, 0.15) is 38.2 Å². The van der Waals surface area contributed by atoms with Crippen LogP contribution >= 0.6 is 15.9 Å². The van der Waals surface area contributed by atoms with Crippen molar-refractivity contribution in [2.45, 2.75) is 45.2 Å². The normalized spacial score (nSPS) is 20.5. The predicted molar refractivity (Wildman–Crippen MR) is 77.4 cm³/mol. The molecular weight excluding hydrogens is 309 g/mol. The zero-order valence-electron chi connectivity index (χ0n) is 11.2. The van der Waals surface area contributed by atoms with Gasteiger partial charge in [-0.2, -0.15) is 0 Å². The van der Waals surface area contributed by atoms with Crippen LogP contribution in [0.3, 0.4) is 0 Å². The summed E-state index contributed by atoms with van der Waals surface area (Å²) in [7, 11) is 0. The first-order valence-corrected chi connectivity index (χ1v) is 7.53. The van der Waals surface area contributed by atoms with Crippen molar-refractivity contribution in [3.63, 3.8) is 0 Å². The molecule has 0 bridgehead atoms. The summed E-state index contributed by atoms with van der Waals surface area (Å²) >= 11 is 3.27. The second-order valence-corrected chi connectivity index (χ2v) is 6.18. The third-order valence-electron chi connectivity index (χ3n) is 3.66. The Balaban J connectivity index is 2.08. The molecule has 2 nitrogen and oxygen atoms in total. The van der Waals surface area contributed by atoms with Gasteiger partial charge in [0.25, 0.3) is 0 Å². The molecule has 1 unspecified atom stereocenters. The highest BCUT2D eigenvalue weighted by Gasteiger charge is 2.24. The van der Waals surface area contributed by atoms with E-state index in [1.165, 1.54) is 6.07 Å². The Morgan fingerprint density at radius 1 is 1.47 bits per heavy atom. The smallest absolute Gasteiger partial charge is 0.131 e. The zero-order valence-corrected chi connectivity index (χ0v) is 12.7.